The van der Waals surface area contributed by atoms with Gasteiger partial charge in [0.15, 0.2) is 0 Å². The number of likely N-dealkylation sites (tertiary alicyclic amines) is 1. The Morgan fingerprint density at radius 2 is 2.33 bits per heavy atom. The molecule has 1 saturated heterocycles. The molecule has 2 amide bonds. The fourth-order valence-corrected chi connectivity index (χ4v) is 2.36. The van der Waals surface area contributed by atoms with Crippen LogP contribution in [0.5, 0.6) is 0 Å². The Morgan fingerprint density at radius 1 is 1.50 bits per heavy atom. The number of aliphatic imine (C=N–C) groups is 1. The van der Waals surface area contributed by atoms with Crippen LogP contribution in [0.4, 0.5) is 10.5 Å². The highest BCUT2D eigenvalue weighted by molar-refractivity contribution is 7.98. The molecular weight excluding hydrogens is 246 g/mol. The number of nitrogens with one attached hydrogen (secondary N) is 1. The first-order chi connectivity index (χ1) is 8.69. The molecule has 1 heterocycles. The van der Waals surface area contributed by atoms with Crippen molar-refractivity contribution in [1.82, 2.24) is 4.90 Å². The van der Waals surface area contributed by atoms with E-state index in [-0.39, 0.29) is 6.03 Å². The second-order valence-corrected chi connectivity index (χ2v) is 5.09. The van der Waals surface area contributed by atoms with Gasteiger partial charge in [-0.05, 0) is 30.9 Å². The summed E-state index contributed by atoms with van der Waals surface area (Å²) in [7, 11) is 1.97. The van der Waals surface area contributed by atoms with Gasteiger partial charge in [0.2, 0.25) is 0 Å². The van der Waals surface area contributed by atoms with E-state index in [1.165, 1.54) is 0 Å². The van der Waals surface area contributed by atoms with Gasteiger partial charge in [0.1, 0.15) is 5.84 Å². The number of carbonyl (C=O) groups excluding carboxylic acids is 1. The molecule has 18 heavy (non-hydrogen) atoms. The molecule has 0 aromatic heterocycles. The van der Waals surface area contributed by atoms with Crippen molar-refractivity contribution >= 4 is 29.3 Å². The van der Waals surface area contributed by atoms with E-state index in [1.807, 2.05) is 42.5 Å². The zero-order chi connectivity index (χ0) is 13.0. The number of hydrogen-bond acceptors (Lipinski definition) is 2. The average Bonchev–Trinajstić information content (AvgIpc) is 2.75. The van der Waals surface area contributed by atoms with Crippen molar-refractivity contribution in [2.24, 2.45) is 4.99 Å². The number of nitrogens with zero attached hydrogens (tertiary/aromatic N) is 2. The maximum Gasteiger partial charge on any atom is 0.347 e. The zero-order valence-electron chi connectivity index (χ0n) is 10.6. The predicted octanol–water partition coefficient (Wildman–Crippen LogP) is 3.06. The molecular formula is C13H17N3OS. The molecule has 1 aliphatic heterocycles. The number of anilines is 1. The average molecular weight is 263 g/mol. The molecule has 0 radical (unpaired) electrons. The summed E-state index contributed by atoms with van der Waals surface area (Å²) in [6.45, 7) is 0.980. The maximum atomic E-state index is 11.8. The van der Waals surface area contributed by atoms with Gasteiger partial charge in [-0.2, -0.15) is 4.99 Å². The molecule has 1 aliphatic rings. The summed E-state index contributed by atoms with van der Waals surface area (Å²) in [5, 5.41) is 2.80. The molecule has 5 heteroatoms. The van der Waals surface area contributed by atoms with Gasteiger partial charge in [-0.15, -0.1) is 11.8 Å². The van der Waals surface area contributed by atoms with Crippen LogP contribution in [0.15, 0.2) is 34.2 Å². The molecule has 0 aliphatic carbocycles. The molecule has 0 spiro atoms. The van der Waals surface area contributed by atoms with Crippen LogP contribution in [0.3, 0.4) is 0 Å². The molecule has 4 nitrogen and oxygen atoms in total. The molecule has 1 N–H and O–H groups in total. The van der Waals surface area contributed by atoms with E-state index in [4.69, 9.17) is 0 Å². The Kier molecular flexibility index (Phi) is 4.25. The second-order valence-electron chi connectivity index (χ2n) is 4.22. The van der Waals surface area contributed by atoms with Gasteiger partial charge < -0.3 is 10.2 Å². The Morgan fingerprint density at radius 3 is 3.00 bits per heavy atom. The molecule has 96 valence electrons. The van der Waals surface area contributed by atoms with Gasteiger partial charge in [0, 0.05) is 30.6 Å². The summed E-state index contributed by atoms with van der Waals surface area (Å²) in [5.41, 5.74) is 0.789. The molecule has 0 bridgehead atoms. The van der Waals surface area contributed by atoms with E-state index in [1.54, 1.807) is 11.8 Å². The molecule has 0 unspecified atom stereocenters. The van der Waals surface area contributed by atoms with Crippen LogP contribution >= 0.6 is 11.8 Å². The van der Waals surface area contributed by atoms with Gasteiger partial charge in [-0.25, -0.2) is 4.79 Å². The number of hydrogen-bond donors (Lipinski definition) is 1. The lowest BCUT2D eigenvalue weighted by molar-refractivity contribution is 0.259. The predicted molar refractivity (Wildman–Crippen MR) is 76.5 cm³/mol. The number of urea groups is 1. The number of amidine groups is 1. The quantitative estimate of drug-likeness (QED) is 0.834. The highest BCUT2D eigenvalue weighted by atomic mass is 32.2. The molecule has 2 rings (SSSR count). The standard InChI is InChI=1S/C13H17N3OS/c1-16-8-4-7-12(16)15-13(17)14-10-5-3-6-11(9-10)18-2/h3,5-6,9H,4,7-8H2,1-2H3,(H,14,17). The lowest BCUT2D eigenvalue weighted by Gasteiger charge is -2.10. The van der Waals surface area contributed by atoms with E-state index >= 15 is 0 Å². The fraction of sp³-hybridized carbons (Fsp3) is 0.385. The first kappa shape index (κ1) is 13.0. The van der Waals surface area contributed by atoms with Crippen LogP contribution in [-0.2, 0) is 0 Å². The minimum Gasteiger partial charge on any atom is -0.363 e. The monoisotopic (exact) mass is 263 g/mol. The highest BCUT2D eigenvalue weighted by Gasteiger charge is 2.15. The van der Waals surface area contributed by atoms with Gasteiger partial charge in [-0.1, -0.05) is 6.07 Å². The third-order valence-corrected chi connectivity index (χ3v) is 3.61. The summed E-state index contributed by atoms with van der Waals surface area (Å²) in [5.74, 6) is 0.869. The van der Waals surface area contributed by atoms with Crippen LogP contribution in [0.1, 0.15) is 12.8 Å². The third kappa shape index (κ3) is 3.26. The largest absolute Gasteiger partial charge is 0.363 e. The van der Waals surface area contributed by atoms with Gasteiger partial charge in [-0.3, -0.25) is 0 Å². The summed E-state index contributed by atoms with van der Waals surface area (Å²) in [6.07, 6.45) is 3.97. The Bertz CT molecular complexity index is 473. The van der Waals surface area contributed by atoms with Gasteiger partial charge in [0.05, 0.1) is 0 Å². The van der Waals surface area contributed by atoms with Gasteiger partial charge in [0.25, 0.3) is 0 Å². The minimum atomic E-state index is -0.294. The Hall–Kier alpha value is -1.49. The number of thioether (sulfide) groups is 1. The lowest BCUT2D eigenvalue weighted by Crippen LogP contribution is -2.21. The van der Waals surface area contributed by atoms with E-state index in [0.717, 1.165) is 35.8 Å². The summed E-state index contributed by atoms with van der Waals surface area (Å²) < 4.78 is 0. The first-order valence-corrected chi connectivity index (χ1v) is 7.15. The lowest BCUT2D eigenvalue weighted by atomic mass is 10.3. The van der Waals surface area contributed by atoms with E-state index in [2.05, 4.69) is 10.3 Å². The van der Waals surface area contributed by atoms with E-state index in [0.29, 0.717) is 0 Å². The van der Waals surface area contributed by atoms with E-state index in [9.17, 15) is 4.79 Å². The molecule has 0 atom stereocenters. The topological polar surface area (TPSA) is 44.7 Å². The number of rotatable bonds is 2. The van der Waals surface area contributed by atoms with Crippen molar-refractivity contribution < 1.29 is 4.79 Å². The van der Waals surface area contributed by atoms with Crippen molar-refractivity contribution in [2.45, 2.75) is 17.7 Å². The third-order valence-electron chi connectivity index (χ3n) is 2.89. The van der Waals surface area contributed by atoms with Crippen LogP contribution in [-0.4, -0.2) is 36.6 Å². The molecule has 1 aromatic carbocycles. The van der Waals surface area contributed by atoms with Crippen LogP contribution in [0.25, 0.3) is 0 Å². The van der Waals surface area contributed by atoms with Crippen molar-refractivity contribution in [3.8, 4) is 0 Å². The van der Waals surface area contributed by atoms with Crippen molar-refractivity contribution in [2.75, 3.05) is 25.2 Å². The summed E-state index contributed by atoms with van der Waals surface area (Å²) in [6, 6.07) is 7.46. The Balaban J connectivity index is 2.02. The minimum absolute atomic E-state index is 0.294. The SMILES string of the molecule is CSc1cccc(NC(=O)N=C2CCCN2C)c1. The van der Waals surface area contributed by atoms with Crippen molar-refractivity contribution in [3.05, 3.63) is 24.3 Å². The van der Waals surface area contributed by atoms with Crippen LogP contribution in [0, 0.1) is 0 Å². The number of amides is 2. The second kappa shape index (κ2) is 5.91. The summed E-state index contributed by atoms with van der Waals surface area (Å²) in [4.78, 5) is 19.0. The van der Waals surface area contributed by atoms with E-state index < -0.39 is 0 Å². The summed E-state index contributed by atoms with van der Waals surface area (Å²) >= 11 is 1.65. The van der Waals surface area contributed by atoms with Crippen LogP contribution < -0.4 is 5.32 Å². The number of benzene rings is 1. The Labute approximate surface area is 111 Å². The molecule has 1 fully saturated rings. The fourth-order valence-electron chi connectivity index (χ4n) is 1.90. The van der Waals surface area contributed by atoms with Crippen LogP contribution in [0.2, 0.25) is 0 Å². The van der Waals surface area contributed by atoms with Gasteiger partial charge >= 0.3 is 6.03 Å². The van der Waals surface area contributed by atoms with Crippen molar-refractivity contribution in [3.63, 3.8) is 0 Å². The van der Waals surface area contributed by atoms with Crippen molar-refractivity contribution in [1.29, 1.82) is 0 Å². The maximum absolute atomic E-state index is 11.8. The normalized spacial score (nSPS) is 17.2. The number of carbonyl (C=O) groups is 1. The zero-order valence-corrected chi connectivity index (χ0v) is 11.5. The molecule has 0 saturated carbocycles. The first-order valence-electron chi connectivity index (χ1n) is 5.93. The molecule has 1 aromatic rings. The highest BCUT2D eigenvalue weighted by Crippen LogP contribution is 2.19. The smallest absolute Gasteiger partial charge is 0.347 e.